The van der Waals surface area contributed by atoms with E-state index in [1.807, 2.05) is 0 Å². The Labute approximate surface area is 132 Å². The molecule has 1 aromatic rings. The Morgan fingerprint density at radius 3 is 2.68 bits per heavy atom. The Balaban J connectivity index is 1.73. The summed E-state index contributed by atoms with van der Waals surface area (Å²) in [7, 11) is 0. The summed E-state index contributed by atoms with van der Waals surface area (Å²) in [5.74, 6) is 0. The Morgan fingerprint density at radius 1 is 1.16 bits per heavy atom. The highest BCUT2D eigenvalue weighted by atomic mass is 79.9. The molecule has 2 aliphatic heterocycles. The van der Waals surface area contributed by atoms with Gasteiger partial charge in [-0.25, -0.2) is 0 Å². The number of rotatable bonds is 3. The van der Waals surface area contributed by atoms with Gasteiger partial charge in [0.05, 0.1) is 0 Å². The lowest BCUT2D eigenvalue weighted by molar-refractivity contribution is 0.260. The second kappa shape index (κ2) is 6.15. The number of anilines is 1. The van der Waals surface area contributed by atoms with Gasteiger partial charge in [0.1, 0.15) is 0 Å². The molecule has 0 bridgehead atoms. The fraction of sp³-hybridized carbons (Fsp3) is 0.600. The van der Waals surface area contributed by atoms with Crippen LogP contribution in [0.4, 0.5) is 5.69 Å². The van der Waals surface area contributed by atoms with Gasteiger partial charge in [-0.2, -0.15) is 0 Å². The van der Waals surface area contributed by atoms with Gasteiger partial charge in [-0.05, 0) is 56.1 Å². The molecule has 19 heavy (non-hydrogen) atoms. The van der Waals surface area contributed by atoms with Crippen LogP contribution in [0.15, 0.2) is 22.7 Å². The van der Waals surface area contributed by atoms with Crippen LogP contribution < -0.4 is 4.90 Å². The molecule has 0 radical (unpaired) electrons. The van der Waals surface area contributed by atoms with Gasteiger partial charge in [-0.15, -0.1) is 0 Å². The molecule has 0 aromatic heterocycles. The van der Waals surface area contributed by atoms with E-state index in [9.17, 15) is 0 Å². The molecule has 104 valence electrons. The van der Waals surface area contributed by atoms with Gasteiger partial charge in [-0.1, -0.05) is 31.9 Å². The highest BCUT2D eigenvalue weighted by Crippen LogP contribution is 2.31. The highest BCUT2D eigenvalue weighted by Gasteiger charge is 2.29. The minimum Gasteiger partial charge on any atom is -0.370 e. The van der Waals surface area contributed by atoms with Crippen LogP contribution >= 0.6 is 31.9 Å². The molecule has 0 saturated carbocycles. The molecule has 1 unspecified atom stereocenters. The zero-order valence-electron chi connectivity index (χ0n) is 11.1. The first-order chi connectivity index (χ1) is 9.28. The molecule has 1 atom stereocenters. The third-order valence-electron chi connectivity index (χ3n) is 4.35. The van der Waals surface area contributed by atoms with Gasteiger partial charge < -0.3 is 4.90 Å². The second-order valence-corrected chi connectivity index (χ2v) is 7.01. The van der Waals surface area contributed by atoms with Crippen LogP contribution in [0.25, 0.3) is 0 Å². The van der Waals surface area contributed by atoms with E-state index >= 15 is 0 Å². The molecular weight excluding hydrogens is 368 g/mol. The van der Waals surface area contributed by atoms with Crippen LogP contribution in [-0.4, -0.2) is 37.1 Å². The number of hydrogen-bond acceptors (Lipinski definition) is 2. The van der Waals surface area contributed by atoms with Crippen molar-refractivity contribution in [2.45, 2.75) is 30.6 Å². The Morgan fingerprint density at radius 2 is 1.95 bits per heavy atom. The number of hydrogen-bond donors (Lipinski definition) is 0. The van der Waals surface area contributed by atoms with Crippen molar-refractivity contribution in [2.24, 2.45) is 0 Å². The van der Waals surface area contributed by atoms with E-state index in [2.05, 4.69) is 59.9 Å². The third-order valence-corrected chi connectivity index (χ3v) is 5.44. The predicted octanol–water partition coefficient (Wildman–Crippen LogP) is 4.02. The molecule has 4 heteroatoms. The molecule has 0 N–H and O–H groups in total. The van der Waals surface area contributed by atoms with Crippen molar-refractivity contribution < 1.29 is 0 Å². The lowest BCUT2D eigenvalue weighted by Crippen LogP contribution is -2.35. The van der Waals surface area contributed by atoms with Crippen LogP contribution in [0, 0.1) is 0 Å². The van der Waals surface area contributed by atoms with Crippen molar-refractivity contribution in [3.63, 3.8) is 0 Å². The second-order valence-electron chi connectivity index (χ2n) is 5.54. The first kappa shape index (κ1) is 13.9. The summed E-state index contributed by atoms with van der Waals surface area (Å²) in [6.45, 7) is 5.01. The number of benzene rings is 1. The topological polar surface area (TPSA) is 6.48 Å². The monoisotopic (exact) mass is 386 g/mol. The zero-order valence-corrected chi connectivity index (χ0v) is 14.3. The summed E-state index contributed by atoms with van der Waals surface area (Å²) in [4.78, 5) is 5.25. The molecule has 2 nitrogen and oxygen atoms in total. The summed E-state index contributed by atoms with van der Waals surface area (Å²) >= 11 is 7.18. The van der Waals surface area contributed by atoms with E-state index in [0.717, 1.165) is 11.4 Å². The average Bonchev–Trinajstić information content (AvgIpc) is 3.09. The van der Waals surface area contributed by atoms with E-state index in [-0.39, 0.29) is 0 Å². The number of halogens is 2. The maximum atomic E-state index is 3.61. The van der Waals surface area contributed by atoms with Gasteiger partial charge in [0.25, 0.3) is 0 Å². The van der Waals surface area contributed by atoms with E-state index in [1.54, 1.807) is 0 Å². The highest BCUT2D eigenvalue weighted by molar-refractivity contribution is 9.10. The quantitative estimate of drug-likeness (QED) is 0.722. The molecule has 3 rings (SSSR count). The molecule has 0 aliphatic carbocycles. The fourth-order valence-electron chi connectivity index (χ4n) is 3.34. The van der Waals surface area contributed by atoms with Crippen molar-refractivity contribution >= 4 is 37.5 Å². The fourth-order valence-corrected chi connectivity index (χ4v) is 4.19. The minimum atomic E-state index is 0.773. The van der Waals surface area contributed by atoms with Crippen molar-refractivity contribution in [3.05, 3.63) is 28.2 Å². The number of alkyl halides is 1. The van der Waals surface area contributed by atoms with Crippen LogP contribution in [0.3, 0.4) is 0 Å². The van der Waals surface area contributed by atoms with Crippen LogP contribution in [0.2, 0.25) is 0 Å². The Kier molecular flexibility index (Phi) is 4.50. The normalized spacial score (nSPS) is 24.3. The summed E-state index contributed by atoms with van der Waals surface area (Å²) < 4.78 is 1.17. The van der Waals surface area contributed by atoms with Gasteiger partial charge in [0, 0.05) is 34.6 Å². The number of nitrogens with zero attached hydrogens (tertiary/aromatic N) is 2. The van der Waals surface area contributed by atoms with E-state index in [4.69, 9.17) is 0 Å². The summed E-state index contributed by atoms with van der Waals surface area (Å²) in [5.41, 5.74) is 2.79. The smallest absolute Gasteiger partial charge is 0.0408 e. The molecule has 2 saturated heterocycles. The molecule has 2 heterocycles. The minimum absolute atomic E-state index is 0.773. The van der Waals surface area contributed by atoms with E-state index in [1.165, 1.54) is 61.2 Å². The van der Waals surface area contributed by atoms with Crippen molar-refractivity contribution in [3.8, 4) is 0 Å². The first-order valence-electron chi connectivity index (χ1n) is 7.11. The Bertz CT molecular complexity index is 444. The maximum Gasteiger partial charge on any atom is 0.0408 e. The molecule has 0 spiro atoms. The summed E-state index contributed by atoms with van der Waals surface area (Å²) in [6, 6.07) is 7.42. The molecule has 2 aliphatic rings. The van der Waals surface area contributed by atoms with E-state index in [0.29, 0.717) is 0 Å². The third kappa shape index (κ3) is 3.01. The first-order valence-corrected chi connectivity index (χ1v) is 9.03. The van der Waals surface area contributed by atoms with E-state index < -0.39 is 0 Å². The van der Waals surface area contributed by atoms with Gasteiger partial charge in [0.15, 0.2) is 0 Å². The largest absolute Gasteiger partial charge is 0.370 e. The summed E-state index contributed by atoms with van der Waals surface area (Å²) in [6.07, 6.45) is 4.10. The lowest BCUT2D eigenvalue weighted by atomic mass is 10.2. The van der Waals surface area contributed by atoms with Crippen molar-refractivity contribution in [2.75, 3.05) is 31.1 Å². The Hall–Kier alpha value is -0.0600. The SMILES string of the molecule is BrCc1cc(Br)ccc1N1CCC(N2CCCC2)C1. The standard InChI is InChI=1S/C15H20Br2N2/c16-10-12-9-13(17)3-4-15(12)19-8-5-14(11-19)18-6-1-2-7-18/h3-4,9,14H,1-2,5-8,10-11H2. The molecule has 0 amide bonds. The zero-order chi connectivity index (χ0) is 13.2. The van der Waals surface area contributed by atoms with Crippen LogP contribution in [0.1, 0.15) is 24.8 Å². The maximum absolute atomic E-state index is 3.61. The number of likely N-dealkylation sites (tertiary alicyclic amines) is 1. The molecular formula is C15H20Br2N2. The van der Waals surface area contributed by atoms with Crippen LogP contribution in [0.5, 0.6) is 0 Å². The lowest BCUT2D eigenvalue weighted by Gasteiger charge is -2.25. The molecule has 2 fully saturated rings. The van der Waals surface area contributed by atoms with Crippen molar-refractivity contribution in [1.82, 2.24) is 4.90 Å². The van der Waals surface area contributed by atoms with Gasteiger partial charge in [0.2, 0.25) is 0 Å². The summed E-state index contributed by atoms with van der Waals surface area (Å²) in [5, 5.41) is 0.923. The van der Waals surface area contributed by atoms with Crippen molar-refractivity contribution in [1.29, 1.82) is 0 Å². The van der Waals surface area contributed by atoms with Crippen LogP contribution in [-0.2, 0) is 5.33 Å². The van der Waals surface area contributed by atoms with Gasteiger partial charge in [-0.3, -0.25) is 4.90 Å². The molecule has 1 aromatic carbocycles. The average molecular weight is 388 g/mol. The predicted molar refractivity (Wildman–Crippen MR) is 88.2 cm³/mol. The van der Waals surface area contributed by atoms with Gasteiger partial charge >= 0.3 is 0 Å².